The van der Waals surface area contributed by atoms with Gasteiger partial charge in [0.25, 0.3) is 0 Å². The number of benzene rings is 2. The van der Waals surface area contributed by atoms with Gasteiger partial charge in [-0.05, 0) is 24.5 Å². The van der Waals surface area contributed by atoms with E-state index in [0.29, 0.717) is 16.1 Å². The van der Waals surface area contributed by atoms with E-state index in [1.54, 1.807) is 6.07 Å². The number of halogens is 1. The van der Waals surface area contributed by atoms with E-state index in [0.717, 1.165) is 18.4 Å². The maximum absolute atomic E-state index is 12.3. The highest BCUT2D eigenvalue weighted by atomic mass is 35.5. The predicted octanol–water partition coefficient (Wildman–Crippen LogP) is 5.30. The Hall–Kier alpha value is -1.60. The van der Waals surface area contributed by atoms with E-state index in [1.165, 1.54) is 12.8 Å². The van der Waals surface area contributed by atoms with Crippen molar-refractivity contribution in [2.75, 3.05) is 0 Å². The van der Waals surface area contributed by atoms with Gasteiger partial charge in [-0.15, -0.1) is 0 Å². The molecule has 1 nitrogen and oxygen atoms in total. The second kappa shape index (κ2) is 7.25. The molecule has 0 radical (unpaired) electrons. The minimum Gasteiger partial charge on any atom is -0.289 e. The molecular weight excluding hydrogens is 268 g/mol. The minimum atomic E-state index is 0.0209. The zero-order valence-corrected chi connectivity index (χ0v) is 12.5. The van der Waals surface area contributed by atoms with E-state index in [9.17, 15) is 4.79 Å². The van der Waals surface area contributed by atoms with Gasteiger partial charge in [-0.25, -0.2) is 0 Å². The van der Waals surface area contributed by atoms with Crippen LogP contribution in [0.4, 0.5) is 0 Å². The highest BCUT2D eigenvalue weighted by molar-refractivity contribution is 6.32. The molecule has 0 spiro atoms. The molecule has 0 unspecified atom stereocenters. The van der Waals surface area contributed by atoms with Gasteiger partial charge >= 0.3 is 0 Å². The molecule has 0 saturated carbocycles. The molecule has 0 bridgehead atoms. The summed E-state index contributed by atoms with van der Waals surface area (Å²) in [5.74, 6) is 0.0209. The fourth-order valence-electron chi connectivity index (χ4n) is 2.21. The Morgan fingerprint density at radius 3 is 2.40 bits per heavy atom. The molecule has 104 valence electrons. The van der Waals surface area contributed by atoms with E-state index in [1.807, 2.05) is 42.5 Å². The van der Waals surface area contributed by atoms with Gasteiger partial charge < -0.3 is 0 Å². The lowest BCUT2D eigenvalue weighted by Gasteiger charge is -2.07. The molecule has 20 heavy (non-hydrogen) atoms. The molecule has 0 atom stereocenters. The summed E-state index contributed by atoms with van der Waals surface area (Å²) in [6.07, 6.45) is 4.53. The third-order valence-electron chi connectivity index (χ3n) is 3.40. The fraction of sp³-hybridized carbons (Fsp3) is 0.278. The van der Waals surface area contributed by atoms with Crippen molar-refractivity contribution in [3.8, 4) is 0 Å². The summed E-state index contributed by atoms with van der Waals surface area (Å²) in [4.78, 5) is 12.3. The largest absolute Gasteiger partial charge is 0.289 e. The molecule has 2 rings (SSSR count). The molecule has 2 aromatic rings. The number of ketones is 1. The molecule has 0 amide bonds. The molecule has 0 fully saturated rings. The first-order valence-electron chi connectivity index (χ1n) is 7.10. The summed E-state index contributed by atoms with van der Waals surface area (Å²) >= 11 is 6.29. The first-order chi connectivity index (χ1) is 9.72. The summed E-state index contributed by atoms with van der Waals surface area (Å²) < 4.78 is 0. The minimum absolute atomic E-state index is 0.0209. The second-order valence-electron chi connectivity index (χ2n) is 4.96. The Morgan fingerprint density at radius 1 is 1.00 bits per heavy atom. The maximum atomic E-state index is 12.3. The molecule has 2 heteroatoms. The summed E-state index contributed by atoms with van der Waals surface area (Å²) in [6.45, 7) is 2.18. The van der Waals surface area contributed by atoms with Crippen molar-refractivity contribution >= 4 is 17.4 Å². The first kappa shape index (κ1) is 14.8. The highest BCUT2D eigenvalue weighted by Gasteiger charge is 2.10. The highest BCUT2D eigenvalue weighted by Crippen LogP contribution is 2.22. The third kappa shape index (κ3) is 3.71. The molecule has 0 saturated heterocycles. The lowest BCUT2D eigenvalue weighted by molar-refractivity contribution is 0.103. The quantitative estimate of drug-likeness (QED) is 0.520. The lowest BCUT2D eigenvalue weighted by atomic mass is 10.00. The lowest BCUT2D eigenvalue weighted by Crippen LogP contribution is -2.01. The smallest absolute Gasteiger partial charge is 0.193 e. The van der Waals surface area contributed by atoms with Gasteiger partial charge in [0.1, 0.15) is 0 Å². The maximum Gasteiger partial charge on any atom is 0.193 e. The summed E-state index contributed by atoms with van der Waals surface area (Å²) in [6, 6.07) is 14.9. The van der Waals surface area contributed by atoms with Gasteiger partial charge in [0.2, 0.25) is 0 Å². The summed E-state index contributed by atoms with van der Waals surface area (Å²) in [5.41, 5.74) is 2.48. The SMILES string of the molecule is CCCCCc1ccc(C(=O)c2ccccc2)cc1Cl. The van der Waals surface area contributed by atoms with Crippen molar-refractivity contribution in [1.82, 2.24) is 0 Å². The Bertz CT molecular complexity index is 575. The van der Waals surface area contributed by atoms with Crippen LogP contribution in [-0.2, 0) is 6.42 Å². The number of aryl methyl sites for hydroxylation is 1. The van der Waals surface area contributed by atoms with Crippen molar-refractivity contribution in [2.45, 2.75) is 32.6 Å². The number of rotatable bonds is 6. The molecule has 0 aliphatic rings. The Labute approximate surface area is 125 Å². The van der Waals surface area contributed by atoms with Crippen LogP contribution in [0.25, 0.3) is 0 Å². The van der Waals surface area contributed by atoms with E-state index in [4.69, 9.17) is 11.6 Å². The zero-order chi connectivity index (χ0) is 14.4. The van der Waals surface area contributed by atoms with E-state index in [2.05, 4.69) is 6.92 Å². The molecule has 2 aromatic carbocycles. The average molecular weight is 287 g/mol. The van der Waals surface area contributed by atoms with Crippen LogP contribution in [0, 0.1) is 0 Å². The van der Waals surface area contributed by atoms with Gasteiger partial charge in [-0.2, -0.15) is 0 Å². The van der Waals surface area contributed by atoms with Gasteiger partial charge in [0.15, 0.2) is 5.78 Å². The molecule has 0 heterocycles. The Balaban J connectivity index is 2.14. The zero-order valence-electron chi connectivity index (χ0n) is 11.7. The van der Waals surface area contributed by atoms with Gasteiger partial charge in [-0.1, -0.05) is 73.8 Å². The van der Waals surface area contributed by atoms with Crippen LogP contribution in [0.1, 0.15) is 47.7 Å². The van der Waals surface area contributed by atoms with Crippen LogP contribution >= 0.6 is 11.6 Å². The van der Waals surface area contributed by atoms with Crippen molar-refractivity contribution in [3.63, 3.8) is 0 Å². The monoisotopic (exact) mass is 286 g/mol. The molecular formula is C18H19ClO. The van der Waals surface area contributed by atoms with E-state index < -0.39 is 0 Å². The van der Waals surface area contributed by atoms with Crippen LogP contribution < -0.4 is 0 Å². The summed E-state index contributed by atoms with van der Waals surface area (Å²) in [5, 5.41) is 0.697. The summed E-state index contributed by atoms with van der Waals surface area (Å²) in [7, 11) is 0. The Kier molecular flexibility index (Phi) is 5.37. The number of carbonyl (C=O) groups is 1. The van der Waals surface area contributed by atoms with Crippen LogP contribution in [0.15, 0.2) is 48.5 Å². The average Bonchev–Trinajstić information content (AvgIpc) is 2.49. The normalized spacial score (nSPS) is 10.5. The van der Waals surface area contributed by atoms with Crippen LogP contribution in [0.5, 0.6) is 0 Å². The molecule has 0 aliphatic heterocycles. The number of hydrogen-bond acceptors (Lipinski definition) is 1. The number of hydrogen-bond donors (Lipinski definition) is 0. The van der Waals surface area contributed by atoms with Crippen molar-refractivity contribution < 1.29 is 4.79 Å². The number of unbranched alkanes of at least 4 members (excludes halogenated alkanes) is 2. The van der Waals surface area contributed by atoms with Gasteiger partial charge in [0.05, 0.1) is 0 Å². The standard InChI is InChI=1S/C18H19ClO/c1-2-3-5-8-14-11-12-16(13-17(14)19)18(20)15-9-6-4-7-10-15/h4,6-7,9-13H,2-3,5,8H2,1H3. The Morgan fingerprint density at radius 2 is 1.75 bits per heavy atom. The molecule has 0 aromatic heterocycles. The van der Waals surface area contributed by atoms with Crippen molar-refractivity contribution in [1.29, 1.82) is 0 Å². The molecule has 0 aliphatic carbocycles. The third-order valence-corrected chi connectivity index (χ3v) is 3.75. The number of carbonyl (C=O) groups excluding carboxylic acids is 1. The van der Waals surface area contributed by atoms with Gasteiger partial charge in [0, 0.05) is 16.1 Å². The first-order valence-corrected chi connectivity index (χ1v) is 7.48. The molecule has 0 N–H and O–H groups in total. The predicted molar refractivity (Wildman–Crippen MR) is 84.6 cm³/mol. The topological polar surface area (TPSA) is 17.1 Å². The van der Waals surface area contributed by atoms with Crippen LogP contribution in [0.2, 0.25) is 5.02 Å². The second-order valence-corrected chi connectivity index (χ2v) is 5.37. The van der Waals surface area contributed by atoms with E-state index in [-0.39, 0.29) is 5.78 Å². The van der Waals surface area contributed by atoms with Crippen LogP contribution in [0.3, 0.4) is 0 Å². The van der Waals surface area contributed by atoms with Crippen LogP contribution in [-0.4, -0.2) is 5.78 Å². The van der Waals surface area contributed by atoms with Crippen molar-refractivity contribution in [3.05, 3.63) is 70.2 Å². The fourth-order valence-corrected chi connectivity index (χ4v) is 2.49. The van der Waals surface area contributed by atoms with Crippen molar-refractivity contribution in [2.24, 2.45) is 0 Å². The van der Waals surface area contributed by atoms with Gasteiger partial charge in [-0.3, -0.25) is 4.79 Å². The van der Waals surface area contributed by atoms with E-state index >= 15 is 0 Å².